The third-order valence-corrected chi connectivity index (χ3v) is 4.75. The highest BCUT2D eigenvalue weighted by Gasteiger charge is 2.12. The molecule has 0 aliphatic rings. The summed E-state index contributed by atoms with van der Waals surface area (Å²) in [6.07, 6.45) is 0. The minimum Gasteiger partial charge on any atom is -0.346 e. The largest absolute Gasteiger partial charge is 0.346 e. The molecule has 21 heavy (non-hydrogen) atoms. The molecule has 6 heteroatoms. The molecule has 0 saturated carbocycles. The standard InChI is InChI=1S/C15H11FN2OS2/c16-11-5-2-1-4-10(11)8-17-14(19)12-9-21-15(18-12)13-6-3-7-20-13/h1-7,9H,8H2,(H,17,19). The van der Waals surface area contributed by atoms with Gasteiger partial charge in [-0.25, -0.2) is 9.37 Å². The quantitative estimate of drug-likeness (QED) is 0.791. The minimum absolute atomic E-state index is 0.150. The first kappa shape index (κ1) is 13.9. The molecule has 0 aliphatic heterocycles. The highest BCUT2D eigenvalue weighted by molar-refractivity contribution is 7.20. The molecular weight excluding hydrogens is 307 g/mol. The average molecular weight is 318 g/mol. The Morgan fingerprint density at radius 3 is 2.81 bits per heavy atom. The topological polar surface area (TPSA) is 42.0 Å². The zero-order valence-corrected chi connectivity index (χ0v) is 12.5. The molecule has 0 spiro atoms. The Bertz CT molecular complexity index is 753. The van der Waals surface area contributed by atoms with Crippen molar-refractivity contribution in [3.63, 3.8) is 0 Å². The fraction of sp³-hybridized carbons (Fsp3) is 0.0667. The van der Waals surface area contributed by atoms with Gasteiger partial charge in [0.1, 0.15) is 16.5 Å². The second kappa shape index (κ2) is 6.15. The summed E-state index contributed by atoms with van der Waals surface area (Å²) in [5.41, 5.74) is 0.819. The number of nitrogens with zero attached hydrogens (tertiary/aromatic N) is 1. The fourth-order valence-electron chi connectivity index (χ4n) is 1.80. The highest BCUT2D eigenvalue weighted by Crippen LogP contribution is 2.27. The number of thiophene rings is 1. The molecule has 0 radical (unpaired) electrons. The van der Waals surface area contributed by atoms with Gasteiger partial charge in [-0.2, -0.15) is 0 Å². The lowest BCUT2D eigenvalue weighted by Gasteiger charge is -2.04. The van der Waals surface area contributed by atoms with E-state index >= 15 is 0 Å². The van der Waals surface area contributed by atoms with Crippen LogP contribution in [-0.2, 0) is 6.54 Å². The zero-order valence-electron chi connectivity index (χ0n) is 10.9. The number of amides is 1. The van der Waals surface area contributed by atoms with Crippen LogP contribution in [0.2, 0.25) is 0 Å². The number of carbonyl (C=O) groups excluding carboxylic acids is 1. The molecule has 106 valence electrons. The molecule has 1 amide bonds. The lowest BCUT2D eigenvalue weighted by molar-refractivity contribution is 0.0946. The number of hydrogen-bond donors (Lipinski definition) is 1. The molecule has 0 saturated heterocycles. The number of aromatic nitrogens is 1. The van der Waals surface area contributed by atoms with Crippen molar-refractivity contribution in [1.29, 1.82) is 0 Å². The first-order chi connectivity index (χ1) is 10.2. The summed E-state index contributed by atoms with van der Waals surface area (Å²) in [7, 11) is 0. The molecule has 1 N–H and O–H groups in total. The maximum absolute atomic E-state index is 13.5. The molecular formula is C15H11FN2OS2. The lowest BCUT2D eigenvalue weighted by atomic mass is 10.2. The Hall–Kier alpha value is -2.05. The van der Waals surface area contributed by atoms with E-state index in [1.807, 2.05) is 17.5 Å². The monoisotopic (exact) mass is 318 g/mol. The van der Waals surface area contributed by atoms with Gasteiger partial charge in [-0.3, -0.25) is 4.79 Å². The van der Waals surface area contributed by atoms with Crippen LogP contribution in [0, 0.1) is 5.82 Å². The fourth-order valence-corrected chi connectivity index (χ4v) is 3.41. The van der Waals surface area contributed by atoms with Crippen LogP contribution in [-0.4, -0.2) is 10.9 Å². The van der Waals surface area contributed by atoms with E-state index in [1.54, 1.807) is 34.9 Å². The predicted octanol–water partition coefficient (Wildman–Crippen LogP) is 3.94. The van der Waals surface area contributed by atoms with Crippen molar-refractivity contribution in [2.24, 2.45) is 0 Å². The summed E-state index contributed by atoms with van der Waals surface area (Å²) in [5.74, 6) is -0.618. The van der Waals surface area contributed by atoms with E-state index in [0.717, 1.165) is 9.88 Å². The maximum Gasteiger partial charge on any atom is 0.271 e. The summed E-state index contributed by atoms with van der Waals surface area (Å²) in [5, 5.41) is 7.18. The number of thiazole rings is 1. The number of rotatable bonds is 4. The molecule has 2 aromatic heterocycles. The van der Waals surface area contributed by atoms with Crippen molar-refractivity contribution >= 4 is 28.6 Å². The Kier molecular flexibility index (Phi) is 4.08. The molecule has 3 rings (SSSR count). The van der Waals surface area contributed by atoms with Crippen LogP contribution in [0.1, 0.15) is 16.1 Å². The van der Waals surface area contributed by atoms with Crippen molar-refractivity contribution in [3.8, 4) is 9.88 Å². The first-order valence-corrected chi connectivity index (χ1v) is 8.01. The van der Waals surface area contributed by atoms with Gasteiger partial charge in [0.2, 0.25) is 0 Å². The van der Waals surface area contributed by atoms with Gasteiger partial charge in [0.15, 0.2) is 0 Å². The van der Waals surface area contributed by atoms with Gasteiger partial charge < -0.3 is 5.32 Å². The number of benzene rings is 1. The van der Waals surface area contributed by atoms with Crippen LogP contribution >= 0.6 is 22.7 Å². The van der Waals surface area contributed by atoms with E-state index in [4.69, 9.17) is 0 Å². The summed E-state index contributed by atoms with van der Waals surface area (Å²) in [4.78, 5) is 17.4. The Labute approximate surface area is 129 Å². The second-order valence-electron chi connectivity index (χ2n) is 4.29. The number of nitrogens with one attached hydrogen (secondary N) is 1. The SMILES string of the molecule is O=C(NCc1ccccc1F)c1csc(-c2cccs2)n1. The summed E-state index contributed by atoms with van der Waals surface area (Å²) in [6.45, 7) is 0.150. The van der Waals surface area contributed by atoms with E-state index in [1.165, 1.54) is 17.4 Å². The molecule has 0 unspecified atom stereocenters. The van der Waals surface area contributed by atoms with Crippen molar-refractivity contribution in [2.75, 3.05) is 0 Å². The van der Waals surface area contributed by atoms with Gasteiger partial charge >= 0.3 is 0 Å². The third kappa shape index (κ3) is 3.17. The molecule has 0 atom stereocenters. The van der Waals surface area contributed by atoms with Gasteiger partial charge in [0.05, 0.1) is 4.88 Å². The smallest absolute Gasteiger partial charge is 0.271 e. The van der Waals surface area contributed by atoms with Crippen molar-refractivity contribution in [2.45, 2.75) is 6.54 Å². The van der Waals surface area contributed by atoms with E-state index < -0.39 is 0 Å². The third-order valence-electron chi connectivity index (χ3n) is 2.87. The van der Waals surface area contributed by atoms with Crippen molar-refractivity contribution in [1.82, 2.24) is 10.3 Å². The number of hydrogen-bond acceptors (Lipinski definition) is 4. The summed E-state index contributed by atoms with van der Waals surface area (Å²) in [6, 6.07) is 10.3. The first-order valence-electron chi connectivity index (χ1n) is 6.25. The molecule has 0 bridgehead atoms. The van der Waals surface area contributed by atoms with Crippen LogP contribution in [0.3, 0.4) is 0 Å². The minimum atomic E-state index is -0.324. The van der Waals surface area contributed by atoms with Gasteiger partial charge in [-0.1, -0.05) is 24.3 Å². The predicted molar refractivity (Wildman–Crippen MR) is 83.0 cm³/mol. The molecule has 0 aliphatic carbocycles. The van der Waals surface area contributed by atoms with Gasteiger partial charge in [-0.05, 0) is 17.5 Å². The second-order valence-corrected chi connectivity index (χ2v) is 6.10. The van der Waals surface area contributed by atoms with Gasteiger partial charge in [0.25, 0.3) is 5.91 Å². The van der Waals surface area contributed by atoms with Gasteiger partial charge in [-0.15, -0.1) is 22.7 Å². The van der Waals surface area contributed by atoms with Crippen molar-refractivity contribution in [3.05, 3.63) is 64.2 Å². The normalized spacial score (nSPS) is 10.5. The van der Waals surface area contributed by atoms with Crippen LogP contribution < -0.4 is 5.32 Å². The van der Waals surface area contributed by atoms with Crippen LogP contribution in [0.5, 0.6) is 0 Å². The lowest BCUT2D eigenvalue weighted by Crippen LogP contribution is -2.23. The molecule has 3 aromatic rings. The zero-order chi connectivity index (χ0) is 14.7. The number of halogens is 1. The van der Waals surface area contributed by atoms with E-state index in [-0.39, 0.29) is 18.3 Å². The molecule has 0 fully saturated rings. The maximum atomic E-state index is 13.5. The van der Waals surface area contributed by atoms with Crippen LogP contribution in [0.15, 0.2) is 47.2 Å². The molecule has 1 aromatic carbocycles. The number of carbonyl (C=O) groups is 1. The molecule has 2 heterocycles. The summed E-state index contributed by atoms with van der Waals surface area (Å²) < 4.78 is 13.5. The van der Waals surface area contributed by atoms with E-state index in [0.29, 0.717) is 11.3 Å². The molecule has 3 nitrogen and oxygen atoms in total. The van der Waals surface area contributed by atoms with E-state index in [2.05, 4.69) is 10.3 Å². The Morgan fingerprint density at radius 2 is 2.05 bits per heavy atom. The van der Waals surface area contributed by atoms with Crippen LogP contribution in [0.25, 0.3) is 9.88 Å². The van der Waals surface area contributed by atoms with Gasteiger partial charge in [0, 0.05) is 17.5 Å². The van der Waals surface area contributed by atoms with Crippen molar-refractivity contribution < 1.29 is 9.18 Å². The Balaban J connectivity index is 1.68. The summed E-state index contributed by atoms with van der Waals surface area (Å²) >= 11 is 3.00. The van der Waals surface area contributed by atoms with E-state index in [9.17, 15) is 9.18 Å². The van der Waals surface area contributed by atoms with Crippen LogP contribution in [0.4, 0.5) is 4.39 Å². The average Bonchev–Trinajstić information content (AvgIpc) is 3.16. The Morgan fingerprint density at radius 1 is 1.19 bits per heavy atom. The highest BCUT2D eigenvalue weighted by atomic mass is 32.1.